The Hall–Kier alpha value is -2.83. The fourth-order valence-electron chi connectivity index (χ4n) is 4.01. The van der Waals surface area contributed by atoms with Crippen molar-refractivity contribution >= 4 is 52.3 Å². The van der Waals surface area contributed by atoms with Gasteiger partial charge in [-0.05, 0) is 55.7 Å². The van der Waals surface area contributed by atoms with Crippen LogP contribution in [0.15, 0.2) is 53.2 Å². The molecule has 166 valence electrons. The number of amides is 3. The third kappa shape index (κ3) is 4.52. The maximum absolute atomic E-state index is 13.0. The van der Waals surface area contributed by atoms with E-state index in [1.54, 1.807) is 36.4 Å². The molecule has 1 aliphatic heterocycles. The summed E-state index contributed by atoms with van der Waals surface area (Å²) in [6.45, 7) is 1.84. The molecule has 1 aliphatic carbocycles. The number of rotatable bonds is 5. The third-order valence-electron chi connectivity index (χ3n) is 5.79. The first-order chi connectivity index (χ1) is 15.3. The SMILES string of the molecule is Cc1ccc(C(=O)NC2CCCCC2)cc1NC1=C(Cl)C(=O)N(c2cccc(Cl)c2)C1=O. The van der Waals surface area contributed by atoms with Gasteiger partial charge in [0.1, 0.15) is 10.7 Å². The molecular weight excluding hydrogens is 449 g/mol. The summed E-state index contributed by atoms with van der Waals surface area (Å²) in [7, 11) is 0. The highest BCUT2D eigenvalue weighted by molar-refractivity contribution is 6.53. The number of anilines is 2. The quantitative estimate of drug-likeness (QED) is 0.591. The molecule has 0 aromatic heterocycles. The molecule has 32 heavy (non-hydrogen) atoms. The van der Waals surface area contributed by atoms with Gasteiger partial charge in [-0.2, -0.15) is 0 Å². The molecular formula is C24H23Cl2N3O3. The Morgan fingerprint density at radius 1 is 1.00 bits per heavy atom. The number of hydrogen-bond acceptors (Lipinski definition) is 4. The molecule has 0 bridgehead atoms. The fourth-order valence-corrected chi connectivity index (χ4v) is 4.41. The van der Waals surface area contributed by atoms with E-state index < -0.39 is 11.8 Å². The maximum Gasteiger partial charge on any atom is 0.283 e. The largest absolute Gasteiger partial charge is 0.349 e. The number of imide groups is 1. The molecule has 2 N–H and O–H groups in total. The zero-order chi connectivity index (χ0) is 22.8. The predicted octanol–water partition coefficient (Wildman–Crippen LogP) is 5.15. The molecule has 2 aliphatic rings. The standard InChI is InChI=1S/C24H23Cl2N3O3/c1-14-10-11-15(22(30)27-17-7-3-2-4-8-17)12-19(14)28-21-20(26)23(31)29(24(21)32)18-9-5-6-16(25)13-18/h5-6,9-13,17,28H,2-4,7-8H2,1H3,(H,27,30). The van der Waals surface area contributed by atoms with E-state index in [-0.39, 0.29) is 22.7 Å². The molecule has 2 aromatic rings. The lowest BCUT2D eigenvalue weighted by molar-refractivity contribution is -0.120. The minimum atomic E-state index is -0.634. The first-order valence-electron chi connectivity index (χ1n) is 10.6. The van der Waals surface area contributed by atoms with Crippen LogP contribution in [0.5, 0.6) is 0 Å². The Kier molecular flexibility index (Phi) is 6.53. The Bertz CT molecular complexity index is 1120. The van der Waals surface area contributed by atoms with Crippen molar-refractivity contribution in [3.05, 3.63) is 69.3 Å². The number of aryl methyl sites for hydroxylation is 1. The van der Waals surface area contributed by atoms with Gasteiger partial charge in [-0.3, -0.25) is 14.4 Å². The first kappa shape index (κ1) is 22.4. The van der Waals surface area contributed by atoms with Crippen LogP contribution in [-0.4, -0.2) is 23.8 Å². The summed E-state index contributed by atoms with van der Waals surface area (Å²) in [5, 5.41) is 6.24. The van der Waals surface area contributed by atoms with Crippen LogP contribution in [0.3, 0.4) is 0 Å². The molecule has 0 atom stereocenters. The number of benzene rings is 2. The summed E-state index contributed by atoms with van der Waals surface area (Å²) >= 11 is 12.2. The van der Waals surface area contributed by atoms with E-state index in [1.165, 1.54) is 12.5 Å². The average Bonchev–Trinajstić information content (AvgIpc) is 2.99. The number of carbonyl (C=O) groups excluding carboxylic acids is 3. The monoisotopic (exact) mass is 471 g/mol. The van der Waals surface area contributed by atoms with Crippen molar-refractivity contribution in [1.82, 2.24) is 5.32 Å². The van der Waals surface area contributed by atoms with Gasteiger partial charge < -0.3 is 10.6 Å². The van der Waals surface area contributed by atoms with E-state index in [0.29, 0.717) is 22.0 Å². The molecule has 3 amide bonds. The highest BCUT2D eigenvalue weighted by atomic mass is 35.5. The van der Waals surface area contributed by atoms with Gasteiger partial charge >= 0.3 is 0 Å². The van der Waals surface area contributed by atoms with Crippen LogP contribution >= 0.6 is 23.2 Å². The van der Waals surface area contributed by atoms with Crippen molar-refractivity contribution in [2.75, 3.05) is 10.2 Å². The van der Waals surface area contributed by atoms with Crippen LogP contribution in [0.4, 0.5) is 11.4 Å². The molecule has 1 fully saturated rings. The highest BCUT2D eigenvalue weighted by Gasteiger charge is 2.39. The van der Waals surface area contributed by atoms with E-state index in [1.807, 2.05) is 6.92 Å². The summed E-state index contributed by atoms with van der Waals surface area (Å²) < 4.78 is 0. The van der Waals surface area contributed by atoms with Gasteiger partial charge in [0.05, 0.1) is 5.69 Å². The first-order valence-corrected chi connectivity index (χ1v) is 11.3. The third-order valence-corrected chi connectivity index (χ3v) is 6.38. The number of halogens is 2. The lowest BCUT2D eigenvalue weighted by Crippen LogP contribution is -2.36. The van der Waals surface area contributed by atoms with Crippen LogP contribution in [0.25, 0.3) is 0 Å². The van der Waals surface area contributed by atoms with Crippen molar-refractivity contribution in [2.45, 2.75) is 45.1 Å². The summed E-state index contributed by atoms with van der Waals surface area (Å²) in [6.07, 6.45) is 5.43. The second-order valence-corrected chi connectivity index (χ2v) is 8.89. The second kappa shape index (κ2) is 9.35. The Morgan fingerprint density at radius 2 is 1.75 bits per heavy atom. The van der Waals surface area contributed by atoms with E-state index >= 15 is 0 Å². The predicted molar refractivity (Wildman–Crippen MR) is 126 cm³/mol. The molecule has 8 heteroatoms. The lowest BCUT2D eigenvalue weighted by Gasteiger charge is -2.23. The van der Waals surface area contributed by atoms with Gasteiger partial charge in [-0.25, -0.2) is 4.90 Å². The molecule has 2 aromatic carbocycles. The van der Waals surface area contributed by atoms with Gasteiger partial charge in [-0.1, -0.05) is 54.6 Å². The zero-order valence-corrected chi connectivity index (χ0v) is 19.1. The van der Waals surface area contributed by atoms with Crippen LogP contribution < -0.4 is 15.5 Å². The summed E-state index contributed by atoms with van der Waals surface area (Å²) in [5.41, 5.74) is 2.11. The van der Waals surface area contributed by atoms with E-state index in [2.05, 4.69) is 10.6 Å². The van der Waals surface area contributed by atoms with E-state index in [9.17, 15) is 14.4 Å². The molecule has 0 saturated heterocycles. The lowest BCUT2D eigenvalue weighted by atomic mass is 9.95. The van der Waals surface area contributed by atoms with Crippen LogP contribution in [0, 0.1) is 6.92 Å². The summed E-state index contributed by atoms with van der Waals surface area (Å²) in [6, 6.07) is 11.8. The normalized spacial score (nSPS) is 17.2. The van der Waals surface area contributed by atoms with Crippen molar-refractivity contribution in [1.29, 1.82) is 0 Å². The molecule has 0 unspecified atom stereocenters. The summed E-state index contributed by atoms with van der Waals surface area (Å²) in [5.74, 6) is -1.38. The minimum Gasteiger partial charge on any atom is -0.349 e. The Morgan fingerprint density at radius 3 is 2.47 bits per heavy atom. The minimum absolute atomic E-state index is 0.0374. The average molecular weight is 472 g/mol. The van der Waals surface area contributed by atoms with Gasteiger partial charge in [-0.15, -0.1) is 0 Å². The van der Waals surface area contributed by atoms with Gasteiger partial charge in [0.2, 0.25) is 0 Å². The molecule has 1 heterocycles. The molecule has 1 saturated carbocycles. The van der Waals surface area contributed by atoms with Gasteiger partial charge in [0.25, 0.3) is 17.7 Å². The molecule has 4 rings (SSSR count). The maximum atomic E-state index is 13.0. The number of carbonyl (C=O) groups is 3. The van der Waals surface area contributed by atoms with Crippen LogP contribution in [-0.2, 0) is 9.59 Å². The molecule has 6 nitrogen and oxygen atoms in total. The zero-order valence-electron chi connectivity index (χ0n) is 17.6. The fraction of sp³-hybridized carbons (Fsp3) is 0.292. The van der Waals surface area contributed by atoms with Gasteiger partial charge in [0, 0.05) is 22.3 Å². The highest BCUT2D eigenvalue weighted by Crippen LogP contribution is 2.32. The van der Waals surface area contributed by atoms with Gasteiger partial charge in [0.15, 0.2) is 0 Å². The molecule has 0 radical (unpaired) electrons. The van der Waals surface area contributed by atoms with Crippen molar-refractivity contribution < 1.29 is 14.4 Å². The Labute approximate surface area is 196 Å². The number of nitrogens with zero attached hydrogens (tertiary/aromatic N) is 1. The molecule has 0 spiro atoms. The number of nitrogens with one attached hydrogen (secondary N) is 2. The van der Waals surface area contributed by atoms with E-state index in [4.69, 9.17) is 23.2 Å². The second-order valence-electron chi connectivity index (χ2n) is 8.08. The Balaban J connectivity index is 1.55. The van der Waals surface area contributed by atoms with Crippen LogP contribution in [0.1, 0.15) is 48.0 Å². The topological polar surface area (TPSA) is 78.5 Å². The summed E-state index contributed by atoms with van der Waals surface area (Å²) in [4.78, 5) is 39.4. The van der Waals surface area contributed by atoms with Crippen LogP contribution in [0.2, 0.25) is 5.02 Å². The smallest absolute Gasteiger partial charge is 0.283 e. The van der Waals surface area contributed by atoms with E-state index in [0.717, 1.165) is 36.1 Å². The van der Waals surface area contributed by atoms with Crippen molar-refractivity contribution in [3.63, 3.8) is 0 Å². The van der Waals surface area contributed by atoms with Crippen molar-refractivity contribution in [2.24, 2.45) is 0 Å². The van der Waals surface area contributed by atoms with Crippen molar-refractivity contribution in [3.8, 4) is 0 Å². The number of hydrogen-bond donors (Lipinski definition) is 2.